The molecule has 94 valence electrons. The molecular weight excluding hydrogens is 212 g/mol. The van der Waals surface area contributed by atoms with Crippen LogP contribution in [0.15, 0.2) is 12.4 Å². The van der Waals surface area contributed by atoms with Crippen LogP contribution in [-0.2, 0) is 6.42 Å². The Kier molecular flexibility index (Phi) is 3.94. The van der Waals surface area contributed by atoms with Crippen molar-refractivity contribution in [1.29, 1.82) is 0 Å². The fraction of sp³-hybridized carbons (Fsp3) is 0.692. The molecule has 1 heterocycles. The lowest BCUT2D eigenvalue weighted by Crippen LogP contribution is -2.31. The second-order valence-corrected chi connectivity index (χ2v) is 5.21. The summed E-state index contributed by atoms with van der Waals surface area (Å²) in [5, 5.41) is 0. The Bertz CT molecular complexity index is 343. The molecule has 1 aliphatic carbocycles. The summed E-state index contributed by atoms with van der Waals surface area (Å²) in [6.07, 6.45) is 7.23. The molecule has 0 aromatic carbocycles. The molecule has 1 saturated carbocycles. The zero-order chi connectivity index (χ0) is 12.3. The molecule has 0 radical (unpaired) electrons. The molecule has 0 unspecified atom stereocenters. The van der Waals surface area contributed by atoms with Crippen molar-refractivity contribution < 1.29 is 0 Å². The second kappa shape index (κ2) is 5.45. The van der Waals surface area contributed by atoms with Gasteiger partial charge in [-0.1, -0.05) is 13.8 Å². The van der Waals surface area contributed by atoms with E-state index in [0.29, 0.717) is 18.5 Å². The Morgan fingerprint density at radius 3 is 2.47 bits per heavy atom. The number of hydrogen-bond acceptors (Lipinski definition) is 4. The molecular formula is C13H22N4. The van der Waals surface area contributed by atoms with Crippen LogP contribution in [-0.4, -0.2) is 29.1 Å². The lowest BCUT2D eigenvalue weighted by molar-refractivity contribution is 0.596. The lowest BCUT2D eigenvalue weighted by Gasteiger charge is -2.24. The van der Waals surface area contributed by atoms with Crippen LogP contribution < -0.4 is 10.6 Å². The third-order valence-corrected chi connectivity index (χ3v) is 2.93. The fourth-order valence-corrected chi connectivity index (χ4v) is 1.97. The summed E-state index contributed by atoms with van der Waals surface area (Å²) in [7, 11) is 0. The van der Waals surface area contributed by atoms with E-state index in [1.807, 2.05) is 12.4 Å². The number of hydrogen-bond donors (Lipinski definition) is 1. The molecule has 4 heteroatoms. The van der Waals surface area contributed by atoms with E-state index in [9.17, 15) is 0 Å². The van der Waals surface area contributed by atoms with Crippen molar-refractivity contribution in [2.24, 2.45) is 11.7 Å². The molecule has 0 aliphatic heterocycles. The van der Waals surface area contributed by atoms with Crippen LogP contribution in [0.2, 0.25) is 0 Å². The summed E-state index contributed by atoms with van der Waals surface area (Å²) in [6.45, 7) is 6.16. The lowest BCUT2D eigenvalue weighted by atomic mass is 10.2. The van der Waals surface area contributed by atoms with E-state index in [0.717, 1.165) is 24.5 Å². The van der Waals surface area contributed by atoms with Gasteiger partial charge in [-0.3, -0.25) is 0 Å². The predicted molar refractivity (Wildman–Crippen MR) is 70.0 cm³/mol. The Balaban J connectivity index is 2.07. The number of anilines is 1. The molecule has 0 bridgehead atoms. The monoisotopic (exact) mass is 234 g/mol. The highest BCUT2D eigenvalue weighted by Gasteiger charge is 2.30. The van der Waals surface area contributed by atoms with Gasteiger partial charge in [0.05, 0.1) is 0 Å². The molecule has 2 N–H and O–H groups in total. The first-order valence-corrected chi connectivity index (χ1v) is 6.48. The van der Waals surface area contributed by atoms with Crippen molar-refractivity contribution in [1.82, 2.24) is 9.97 Å². The highest BCUT2D eigenvalue weighted by molar-refractivity contribution is 5.34. The normalized spacial score (nSPS) is 15.3. The minimum Gasteiger partial charge on any atom is -0.338 e. The smallest absolute Gasteiger partial charge is 0.225 e. The summed E-state index contributed by atoms with van der Waals surface area (Å²) in [5.41, 5.74) is 6.64. The van der Waals surface area contributed by atoms with E-state index in [-0.39, 0.29) is 0 Å². The molecule has 0 spiro atoms. The molecule has 0 amide bonds. The van der Waals surface area contributed by atoms with E-state index in [1.165, 1.54) is 12.8 Å². The minimum absolute atomic E-state index is 0.642. The summed E-state index contributed by atoms with van der Waals surface area (Å²) >= 11 is 0. The maximum absolute atomic E-state index is 5.52. The van der Waals surface area contributed by atoms with Gasteiger partial charge in [0.2, 0.25) is 5.95 Å². The van der Waals surface area contributed by atoms with Gasteiger partial charge in [0, 0.05) is 25.0 Å². The first-order valence-electron chi connectivity index (χ1n) is 6.48. The summed E-state index contributed by atoms with van der Waals surface area (Å²) < 4.78 is 0. The van der Waals surface area contributed by atoms with Gasteiger partial charge in [-0.25, -0.2) is 9.97 Å². The van der Waals surface area contributed by atoms with Crippen LogP contribution in [0.3, 0.4) is 0 Å². The van der Waals surface area contributed by atoms with E-state index >= 15 is 0 Å². The zero-order valence-electron chi connectivity index (χ0n) is 10.8. The van der Waals surface area contributed by atoms with Gasteiger partial charge >= 0.3 is 0 Å². The summed E-state index contributed by atoms with van der Waals surface area (Å²) in [4.78, 5) is 11.3. The van der Waals surface area contributed by atoms with Crippen LogP contribution in [0, 0.1) is 5.92 Å². The van der Waals surface area contributed by atoms with Gasteiger partial charge in [0.25, 0.3) is 0 Å². The fourth-order valence-electron chi connectivity index (χ4n) is 1.97. The average Bonchev–Trinajstić information content (AvgIpc) is 3.11. The third-order valence-electron chi connectivity index (χ3n) is 2.93. The van der Waals surface area contributed by atoms with Crippen molar-refractivity contribution in [2.75, 3.05) is 18.0 Å². The number of nitrogens with zero attached hydrogens (tertiary/aromatic N) is 3. The standard InChI is InChI=1S/C13H22N4/c1-10(2)9-17(12-3-4-12)13-15-7-11(5-6-14)8-16-13/h7-8,10,12H,3-6,9,14H2,1-2H3. The Morgan fingerprint density at radius 2 is 2.00 bits per heavy atom. The SMILES string of the molecule is CC(C)CN(c1ncc(CCN)cn1)C1CC1. The Morgan fingerprint density at radius 1 is 1.35 bits per heavy atom. The van der Waals surface area contributed by atoms with E-state index in [1.54, 1.807) is 0 Å². The zero-order valence-corrected chi connectivity index (χ0v) is 10.8. The van der Waals surface area contributed by atoms with Gasteiger partial charge in [0.1, 0.15) is 0 Å². The average molecular weight is 234 g/mol. The Hall–Kier alpha value is -1.16. The summed E-state index contributed by atoms with van der Waals surface area (Å²) in [6, 6.07) is 0.665. The van der Waals surface area contributed by atoms with Gasteiger partial charge in [0.15, 0.2) is 0 Å². The first-order chi connectivity index (χ1) is 8.20. The molecule has 1 fully saturated rings. The quantitative estimate of drug-likeness (QED) is 0.812. The van der Waals surface area contributed by atoms with Crippen molar-refractivity contribution >= 4 is 5.95 Å². The molecule has 0 saturated heterocycles. The number of rotatable bonds is 6. The van der Waals surface area contributed by atoms with E-state index < -0.39 is 0 Å². The van der Waals surface area contributed by atoms with Gasteiger partial charge in [-0.15, -0.1) is 0 Å². The minimum atomic E-state index is 0.642. The van der Waals surface area contributed by atoms with Crippen LogP contribution in [0.5, 0.6) is 0 Å². The van der Waals surface area contributed by atoms with Crippen LogP contribution in [0.1, 0.15) is 32.3 Å². The molecule has 1 aromatic heterocycles. The van der Waals surface area contributed by atoms with Crippen LogP contribution in [0.4, 0.5) is 5.95 Å². The highest BCUT2D eigenvalue weighted by atomic mass is 15.3. The number of aromatic nitrogens is 2. The third kappa shape index (κ3) is 3.40. The second-order valence-electron chi connectivity index (χ2n) is 5.21. The molecule has 0 atom stereocenters. The van der Waals surface area contributed by atoms with Crippen molar-refractivity contribution in [2.45, 2.75) is 39.2 Å². The Labute approximate surface area is 103 Å². The molecule has 1 aliphatic rings. The molecule has 1 aromatic rings. The topological polar surface area (TPSA) is 55.0 Å². The molecule has 17 heavy (non-hydrogen) atoms. The van der Waals surface area contributed by atoms with Gasteiger partial charge in [-0.05, 0) is 37.3 Å². The van der Waals surface area contributed by atoms with Crippen LogP contribution >= 0.6 is 0 Å². The molecule has 4 nitrogen and oxygen atoms in total. The maximum atomic E-state index is 5.52. The summed E-state index contributed by atoms with van der Waals surface area (Å²) in [5.74, 6) is 1.52. The first kappa shape index (κ1) is 12.3. The van der Waals surface area contributed by atoms with Crippen molar-refractivity contribution in [3.8, 4) is 0 Å². The highest BCUT2D eigenvalue weighted by Crippen LogP contribution is 2.30. The van der Waals surface area contributed by atoms with E-state index in [4.69, 9.17) is 5.73 Å². The maximum Gasteiger partial charge on any atom is 0.225 e. The number of nitrogens with two attached hydrogens (primary N) is 1. The predicted octanol–water partition coefficient (Wildman–Crippen LogP) is 1.60. The van der Waals surface area contributed by atoms with Crippen molar-refractivity contribution in [3.05, 3.63) is 18.0 Å². The van der Waals surface area contributed by atoms with Crippen LogP contribution in [0.25, 0.3) is 0 Å². The molecule has 2 rings (SSSR count). The largest absolute Gasteiger partial charge is 0.338 e. The van der Waals surface area contributed by atoms with Crippen molar-refractivity contribution in [3.63, 3.8) is 0 Å². The van der Waals surface area contributed by atoms with E-state index in [2.05, 4.69) is 28.7 Å². The van der Waals surface area contributed by atoms with Gasteiger partial charge in [-0.2, -0.15) is 0 Å². The van der Waals surface area contributed by atoms with Gasteiger partial charge < -0.3 is 10.6 Å².